The summed E-state index contributed by atoms with van der Waals surface area (Å²) >= 11 is 1.17. The first kappa shape index (κ1) is 16.3. The standard InChI is InChI=1S/C16H10F3NO3S/c1-22-15(21)13-6-11-12(7-20-8-14(11)24-13)23-10-4-2-3-9(5-10)16(17,18)19/h2-8H,1H3. The highest BCUT2D eigenvalue weighted by Gasteiger charge is 2.30. The molecule has 2 heterocycles. The Kier molecular flexibility index (Phi) is 4.15. The number of carbonyl (C=O) groups is 1. The summed E-state index contributed by atoms with van der Waals surface area (Å²) in [5.74, 6) is -0.204. The number of methoxy groups -OCH3 is 1. The Labute approximate surface area is 138 Å². The lowest BCUT2D eigenvalue weighted by atomic mass is 10.2. The van der Waals surface area contributed by atoms with Gasteiger partial charge in [0.15, 0.2) is 5.75 Å². The smallest absolute Gasteiger partial charge is 0.416 e. The predicted molar refractivity (Wildman–Crippen MR) is 82.5 cm³/mol. The Morgan fingerprint density at radius 3 is 2.71 bits per heavy atom. The van der Waals surface area contributed by atoms with Crippen LogP contribution in [0.1, 0.15) is 15.2 Å². The van der Waals surface area contributed by atoms with Crippen molar-refractivity contribution in [3.05, 3.63) is 53.2 Å². The minimum Gasteiger partial charge on any atom is -0.465 e. The SMILES string of the molecule is COC(=O)c1cc2c(Oc3cccc(C(F)(F)F)c3)cncc2s1. The lowest BCUT2D eigenvalue weighted by Crippen LogP contribution is -2.04. The van der Waals surface area contributed by atoms with E-state index < -0.39 is 17.7 Å². The second-order valence-corrected chi connectivity index (χ2v) is 5.86. The number of ether oxygens (including phenoxy) is 2. The van der Waals surface area contributed by atoms with E-state index in [0.717, 1.165) is 12.1 Å². The molecule has 4 nitrogen and oxygen atoms in total. The van der Waals surface area contributed by atoms with Crippen molar-refractivity contribution in [3.8, 4) is 11.5 Å². The largest absolute Gasteiger partial charge is 0.465 e. The third-order valence-corrected chi connectivity index (χ3v) is 4.24. The van der Waals surface area contributed by atoms with Gasteiger partial charge in [0.05, 0.1) is 23.6 Å². The number of thiophene rings is 1. The summed E-state index contributed by atoms with van der Waals surface area (Å²) in [6.07, 6.45) is -1.52. The average molecular weight is 353 g/mol. The molecule has 0 unspecified atom stereocenters. The Hall–Kier alpha value is -2.61. The van der Waals surface area contributed by atoms with E-state index in [4.69, 9.17) is 4.74 Å². The number of rotatable bonds is 3. The number of esters is 1. The molecule has 24 heavy (non-hydrogen) atoms. The van der Waals surface area contributed by atoms with Crippen molar-refractivity contribution in [1.82, 2.24) is 4.98 Å². The second kappa shape index (κ2) is 6.12. The molecule has 0 amide bonds. The molecule has 0 aliphatic heterocycles. The van der Waals surface area contributed by atoms with Crippen LogP contribution in [0, 0.1) is 0 Å². The Bertz CT molecular complexity index is 905. The van der Waals surface area contributed by atoms with Gasteiger partial charge in [-0.15, -0.1) is 11.3 Å². The van der Waals surface area contributed by atoms with Crippen molar-refractivity contribution >= 4 is 27.4 Å². The highest BCUT2D eigenvalue weighted by Crippen LogP contribution is 2.36. The number of hydrogen-bond acceptors (Lipinski definition) is 5. The van der Waals surface area contributed by atoms with Crippen LogP contribution in [-0.2, 0) is 10.9 Å². The van der Waals surface area contributed by atoms with Crippen molar-refractivity contribution < 1.29 is 27.4 Å². The summed E-state index contributed by atoms with van der Waals surface area (Å²) < 4.78 is 49.2. The van der Waals surface area contributed by atoms with Crippen LogP contribution in [0.5, 0.6) is 11.5 Å². The summed E-state index contributed by atoms with van der Waals surface area (Å²) in [7, 11) is 1.27. The van der Waals surface area contributed by atoms with E-state index in [1.54, 1.807) is 12.3 Å². The summed E-state index contributed by atoms with van der Waals surface area (Å²) in [4.78, 5) is 16.0. The van der Waals surface area contributed by atoms with Crippen molar-refractivity contribution in [2.75, 3.05) is 7.11 Å². The summed E-state index contributed by atoms with van der Waals surface area (Å²) in [6, 6.07) is 6.12. The van der Waals surface area contributed by atoms with Gasteiger partial charge in [-0.25, -0.2) is 4.79 Å². The van der Waals surface area contributed by atoms with Gasteiger partial charge in [-0.3, -0.25) is 4.98 Å². The van der Waals surface area contributed by atoms with E-state index >= 15 is 0 Å². The first-order valence-electron chi connectivity index (χ1n) is 6.69. The number of carbonyl (C=O) groups excluding carboxylic acids is 1. The summed E-state index contributed by atoms with van der Waals surface area (Å²) in [5, 5.41) is 0.577. The molecule has 0 fully saturated rings. The molecule has 3 rings (SSSR count). The van der Waals surface area contributed by atoms with Crippen molar-refractivity contribution in [3.63, 3.8) is 0 Å². The topological polar surface area (TPSA) is 48.4 Å². The number of fused-ring (bicyclic) bond motifs is 1. The maximum atomic E-state index is 12.8. The van der Waals surface area contributed by atoms with Crippen LogP contribution in [0.4, 0.5) is 13.2 Å². The van der Waals surface area contributed by atoms with Gasteiger partial charge in [-0.2, -0.15) is 13.2 Å². The molecule has 0 spiro atoms. The average Bonchev–Trinajstić information content (AvgIpc) is 2.99. The zero-order valence-electron chi connectivity index (χ0n) is 12.3. The first-order valence-corrected chi connectivity index (χ1v) is 7.51. The summed E-state index contributed by atoms with van der Waals surface area (Å²) in [6.45, 7) is 0. The van der Waals surface area contributed by atoms with Crippen molar-refractivity contribution in [2.24, 2.45) is 0 Å². The Morgan fingerprint density at radius 2 is 2.00 bits per heavy atom. The molecule has 0 saturated carbocycles. The van der Waals surface area contributed by atoms with Gasteiger partial charge in [0.2, 0.25) is 0 Å². The minimum absolute atomic E-state index is 0.0324. The van der Waals surface area contributed by atoms with Crippen LogP contribution in [0.25, 0.3) is 10.1 Å². The zero-order chi connectivity index (χ0) is 17.3. The third kappa shape index (κ3) is 3.18. The molecule has 2 aromatic heterocycles. The molecule has 0 aliphatic carbocycles. The quantitative estimate of drug-likeness (QED) is 0.629. The van der Waals surface area contributed by atoms with Crippen molar-refractivity contribution in [2.45, 2.75) is 6.18 Å². The maximum Gasteiger partial charge on any atom is 0.416 e. The molecule has 3 aromatic rings. The number of hydrogen-bond donors (Lipinski definition) is 0. The van der Waals surface area contributed by atoms with Gasteiger partial charge < -0.3 is 9.47 Å². The van der Waals surface area contributed by atoms with Crippen molar-refractivity contribution in [1.29, 1.82) is 0 Å². The fourth-order valence-corrected chi connectivity index (χ4v) is 3.04. The molecule has 8 heteroatoms. The molecule has 0 atom stereocenters. The number of pyridine rings is 1. The second-order valence-electron chi connectivity index (χ2n) is 4.78. The molecule has 0 bridgehead atoms. The van der Waals surface area contributed by atoms with Crippen LogP contribution in [0.3, 0.4) is 0 Å². The van der Waals surface area contributed by atoms with Gasteiger partial charge in [0, 0.05) is 11.6 Å². The Morgan fingerprint density at radius 1 is 1.21 bits per heavy atom. The fraction of sp³-hybridized carbons (Fsp3) is 0.125. The molecular weight excluding hydrogens is 343 g/mol. The van der Waals surface area contributed by atoms with Crippen LogP contribution in [-0.4, -0.2) is 18.1 Å². The maximum absolute atomic E-state index is 12.8. The van der Waals surface area contributed by atoms with Gasteiger partial charge in [0.1, 0.15) is 10.6 Å². The lowest BCUT2D eigenvalue weighted by molar-refractivity contribution is -0.137. The van der Waals surface area contributed by atoms with Gasteiger partial charge in [-0.05, 0) is 24.3 Å². The van der Waals surface area contributed by atoms with E-state index in [1.165, 1.54) is 36.8 Å². The lowest BCUT2D eigenvalue weighted by Gasteiger charge is -2.10. The molecule has 0 N–H and O–H groups in total. The van der Waals surface area contributed by atoms with Crippen LogP contribution < -0.4 is 4.74 Å². The third-order valence-electron chi connectivity index (χ3n) is 3.19. The monoisotopic (exact) mass is 353 g/mol. The van der Waals surface area contributed by atoms with Gasteiger partial charge in [-0.1, -0.05) is 6.07 Å². The molecule has 0 radical (unpaired) electrons. The molecule has 0 saturated heterocycles. The Balaban J connectivity index is 1.98. The molecular formula is C16H10F3NO3S. The van der Waals surface area contributed by atoms with E-state index in [2.05, 4.69) is 9.72 Å². The van der Waals surface area contributed by atoms with Gasteiger partial charge in [0.25, 0.3) is 0 Å². The van der Waals surface area contributed by atoms with E-state index in [1.807, 2.05) is 0 Å². The van der Waals surface area contributed by atoms with E-state index in [9.17, 15) is 18.0 Å². The number of nitrogens with zero attached hydrogens (tertiary/aromatic N) is 1. The molecule has 0 aliphatic rings. The highest BCUT2D eigenvalue weighted by molar-refractivity contribution is 7.20. The number of alkyl halides is 3. The van der Waals surface area contributed by atoms with E-state index in [-0.39, 0.29) is 11.5 Å². The highest BCUT2D eigenvalue weighted by atomic mass is 32.1. The number of halogens is 3. The number of aromatic nitrogens is 1. The van der Waals surface area contributed by atoms with Gasteiger partial charge >= 0.3 is 12.1 Å². The predicted octanol–water partition coefficient (Wildman–Crippen LogP) is 4.89. The van der Waals surface area contributed by atoms with Crippen LogP contribution >= 0.6 is 11.3 Å². The van der Waals surface area contributed by atoms with Crippen LogP contribution in [0.15, 0.2) is 42.7 Å². The zero-order valence-corrected chi connectivity index (χ0v) is 13.1. The molecule has 124 valence electrons. The van der Waals surface area contributed by atoms with Crippen LogP contribution in [0.2, 0.25) is 0 Å². The fourth-order valence-electron chi connectivity index (χ4n) is 2.08. The number of benzene rings is 1. The normalized spacial score (nSPS) is 11.5. The van der Waals surface area contributed by atoms with E-state index in [0.29, 0.717) is 15.0 Å². The molecule has 1 aromatic carbocycles. The first-order chi connectivity index (χ1) is 11.4. The summed E-state index contributed by atoms with van der Waals surface area (Å²) in [5.41, 5.74) is -0.805. The minimum atomic E-state index is -4.45.